The molecule has 1 amide bonds. The van der Waals surface area contributed by atoms with Gasteiger partial charge in [0, 0.05) is 6.54 Å². The Balaban J connectivity index is 2.06. The van der Waals surface area contributed by atoms with Crippen LogP contribution in [0, 0.1) is 0 Å². The van der Waals surface area contributed by atoms with Gasteiger partial charge in [-0.2, -0.15) is 0 Å². The molecule has 0 aliphatic rings. The van der Waals surface area contributed by atoms with Crippen molar-refractivity contribution < 1.29 is 9.21 Å². The number of aromatic nitrogens is 1. The van der Waals surface area contributed by atoms with Crippen molar-refractivity contribution in [2.75, 3.05) is 13.1 Å². The van der Waals surface area contributed by atoms with E-state index in [9.17, 15) is 4.79 Å². The molecule has 1 aromatic rings. The maximum atomic E-state index is 11.1. The summed E-state index contributed by atoms with van der Waals surface area (Å²) in [6, 6.07) is 0. The Hall–Kier alpha value is -1.36. The Morgan fingerprint density at radius 1 is 1.64 bits per heavy atom. The van der Waals surface area contributed by atoms with Crippen LogP contribution in [0.1, 0.15) is 19.1 Å². The third-order valence-corrected chi connectivity index (χ3v) is 1.64. The van der Waals surface area contributed by atoms with Gasteiger partial charge in [-0.05, 0) is 6.42 Å². The Bertz CT molecular complexity index is 259. The van der Waals surface area contributed by atoms with Gasteiger partial charge in [-0.15, -0.1) is 0 Å². The van der Waals surface area contributed by atoms with E-state index in [-0.39, 0.29) is 5.91 Å². The molecule has 0 unspecified atom stereocenters. The average Bonchev–Trinajstić information content (AvgIpc) is 2.67. The number of nitrogens with zero attached hydrogens (tertiary/aromatic N) is 1. The number of amides is 1. The molecular formula is C9H15N3O2. The Kier molecular flexibility index (Phi) is 4.71. The van der Waals surface area contributed by atoms with Crippen LogP contribution >= 0.6 is 0 Å². The Morgan fingerprint density at radius 2 is 2.50 bits per heavy atom. The molecule has 0 radical (unpaired) electrons. The molecule has 0 atom stereocenters. The van der Waals surface area contributed by atoms with Gasteiger partial charge >= 0.3 is 0 Å². The summed E-state index contributed by atoms with van der Waals surface area (Å²) >= 11 is 0. The van der Waals surface area contributed by atoms with Gasteiger partial charge in [0.1, 0.15) is 5.76 Å². The van der Waals surface area contributed by atoms with Gasteiger partial charge in [0.05, 0.1) is 19.3 Å². The molecule has 78 valence electrons. The molecule has 1 aromatic heterocycles. The van der Waals surface area contributed by atoms with Crippen molar-refractivity contribution in [3.63, 3.8) is 0 Å². The lowest BCUT2D eigenvalue weighted by atomic mass is 10.4. The van der Waals surface area contributed by atoms with Crippen molar-refractivity contribution in [3.8, 4) is 0 Å². The first-order valence-electron chi connectivity index (χ1n) is 4.67. The van der Waals surface area contributed by atoms with Crippen LogP contribution in [-0.2, 0) is 11.3 Å². The highest BCUT2D eigenvalue weighted by Crippen LogP contribution is 1.93. The molecule has 2 N–H and O–H groups in total. The summed E-state index contributed by atoms with van der Waals surface area (Å²) in [6.07, 6.45) is 3.94. The first-order chi connectivity index (χ1) is 6.83. The molecule has 0 bridgehead atoms. The SMILES string of the molecule is CCCNC(=O)CNCc1cnco1. The fourth-order valence-corrected chi connectivity index (χ4v) is 0.956. The minimum Gasteiger partial charge on any atom is -0.447 e. The number of rotatable bonds is 6. The van der Waals surface area contributed by atoms with Crippen molar-refractivity contribution in [1.82, 2.24) is 15.6 Å². The standard InChI is InChI=1S/C9H15N3O2/c1-2-3-12-9(13)6-10-4-8-5-11-7-14-8/h5,7,10H,2-4,6H2,1H3,(H,12,13). The van der Waals surface area contributed by atoms with Crippen molar-refractivity contribution in [1.29, 1.82) is 0 Å². The van der Waals surface area contributed by atoms with Crippen molar-refractivity contribution in [2.24, 2.45) is 0 Å². The van der Waals surface area contributed by atoms with E-state index in [1.165, 1.54) is 6.39 Å². The summed E-state index contributed by atoms with van der Waals surface area (Å²) < 4.78 is 4.99. The third-order valence-electron chi connectivity index (χ3n) is 1.64. The first kappa shape index (κ1) is 10.7. The molecule has 1 heterocycles. The fraction of sp³-hybridized carbons (Fsp3) is 0.556. The first-order valence-corrected chi connectivity index (χ1v) is 4.67. The molecule has 1 rings (SSSR count). The summed E-state index contributed by atoms with van der Waals surface area (Å²) in [6.45, 7) is 3.57. The molecule has 5 nitrogen and oxygen atoms in total. The zero-order valence-corrected chi connectivity index (χ0v) is 8.25. The largest absolute Gasteiger partial charge is 0.447 e. The number of carbonyl (C=O) groups excluding carboxylic acids is 1. The number of oxazole rings is 1. The molecule has 0 aromatic carbocycles. The van der Waals surface area contributed by atoms with E-state index in [0.717, 1.165) is 18.7 Å². The Morgan fingerprint density at radius 3 is 3.14 bits per heavy atom. The average molecular weight is 197 g/mol. The number of carbonyl (C=O) groups is 1. The normalized spacial score (nSPS) is 10.1. The third kappa shape index (κ3) is 4.04. The highest BCUT2D eigenvalue weighted by Gasteiger charge is 2.00. The number of hydrogen-bond acceptors (Lipinski definition) is 4. The zero-order valence-electron chi connectivity index (χ0n) is 8.25. The predicted molar refractivity (Wildman–Crippen MR) is 51.5 cm³/mol. The van der Waals surface area contributed by atoms with Gasteiger partial charge in [-0.1, -0.05) is 6.92 Å². The van der Waals surface area contributed by atoms with E-state index in [1.807, 2.05) is 6.92 Å². The molecule has 0 saturated heterocycles. The molecule has 0 saturated carbocycles. The fourth-order valence-electron chi connectivity index (χ4n) is 0.956. The van der Waals surface area contributed by atoms with Crippen LogP contribution in [0.4, 0.5) is 0 Å². The van der Waals surface area contributed by atoms with Crippen LogP contribution in [0.3, 0.4) is 0 Å². The second-order valence-electron chi connectivity index (χ2n) is 2.92. The quantitative estimate of drug-likeness (QED) is 0.688. The summed E-state index contributed by atoms with van der Waals surface area (Å²) in [5.41, 5.74) is 0. The van der Waals surface area contributed by atoms with Gasteiger partial charge in [0.15, 0.2) is 6.39 Å². The minimum absolute atomic E-state index is 0.00589. The van der Waals surface area contributed by atoms with E-state index < -0.39 is 0 Å². The monoisotopic (exact) mass is 197 g/mol. The van der Waals surface area contributed by atoms with Gasteiger partial charge in [-0.3, -0.25) is 4.79 Å². The molecule has 0 fully saturated rings. The topological polar surface area (TPSA) is 67.2 Å². The maximum Gasteiger partial charge on any atom is 0.233 e. The van der Waals surface area contributed by atoms with Gasteiger partial charge < -0.3 is 15.1 Å². The van der Waals surface area contributed by atoms with E-state index in [4.69, 9.17) is 4.42 Å². The molecule has 0 aliphatic heterocycles. The van der Waals surface area contributed by atoms with Gasteiger partial charge in [0.2, 0.25) is 5.91 Å². The predicted octanol–water partition coefficient (Wildman–Crippen LogP) is 0.290. The van der Waals surface area contributed by atoms with Crippen LogP contribution in [-0.4, -0.2) is 24.0 Å². The van der Waals surface area contributed by atoms with Gasteiger partial charge in [-0.25, -0.2) is 4.98 Å². The summed E-state index contributed by atoms with van der Waals surface area (Å²) in [5.74, 6) is 0.736. The molecule has 14 heavy (non-hydrogen) atoms. The smallest absolute Gasteiger partial charge is 0.233 e. The lowest BCUT2D eigenvalue weighted by molar-refractivity contribution is -0.120. The van der Waals surface area contributed by atoms with Crippen LogP contribution in [0.5, 0.6) is 0 Å². The van der Waals surface area contributed by atoms with Crippen molar-refractivity contribution >= 4 is 5.91 Å². The van der Waals surface area contributed by atoms with Crippen LogP contribution in [0.2, 0.25) is 0 Å². The molecular weight excluding hydrogens is 182 g/mol. The highest BCUT2D eigenvalue weighted by atomic mass is 16.3. The molecule has 5 heteroatoms. The highest BCUT2D eigenvalue weighted by molar-refractivity contribution is 5.77. The lowest BCUT2D eigenvalue weighted by Crippen LogP contribution is -2.33. The summed E-state index contributed by atoms with van der Waals surface area (Å²) in [7, 11) is 0. The lowest BCUT2D eigenvalue weighted by Gasteiger charge is -2.03. The summed E-state index contributed by atoms with van der Waals surface area (Å²) in [4.78, 5) is 14.9. The van der Waals surface area contributed by atoms with Crippen molar-refractivity contribution in [3.05, 3.63) is 18.4 Å². The molecule has 0 aliphatic carbocycles. The van der Waals surface area contributed by atoms with Crippen LogP contribution < -0.4 is 10.6 Å². The van der Waals surface area contributed by atoms with Gasteiger partial charge in [0.25, 0.3) is 0 Å². The number of nitrogens with one attached hydrogen (secondary N) is 2. The van der Waals surface area contributed by atoms with Crippen molar-refractivity contribution in [2.45, 2.75) is 19.9 Å². The van der Waals surface area contributed by atoms with Crippen LogP contribution in [0.25, 0.3) is 0 Å². The van der Waals surface area contributed by atoms with E-state index in [2.05, 4.69) is 15.6 Å². The second-order valence-corrected chi connectivity index (χ2v) is 2.92. The van der Waals surface area contributed by atoms with Crippen LogP contribution in [0.15, 0.2) is 17.0 Å². The van der Waals surface area contributed by atoms with E-state index in [1.54, 1.807) is 6.20 Å². The summed E-state index contributed by atoms with van der Waals surface area (Å²) in [5, 5.41) is 5.72. The Labute approximate surface area is 82.9 Å². The maximum absolute atomic E-state index is 11.1. The zero-order chi connectivity index (χ0) is 10.2. The van der Waals surface area contributed by atoms with E-state index >= 15 is 0 Å². The minimum atomic E-state index is 0.00589. The number of hydrogen-bond donors (Lipinski definition) is 2. The second kappa shape index (κ2) is 6.15. The molecule has 0 spiro atoms. The van der Waals surface area contributed by atoms with E-state index in [0.29, 0.717) is 13.1 Å².